The van der Waals surface area contributed by atoms with Gasteiger partial charge in [-0.05, 0) is 36.8 Å². The van der Waals surface area contributed by atoms with Gasteiger partial charge in [0.15, 0.2) is 0 Å². The van der Waals surface area contributed by atoms with Crippen LogP contribution in [0.4, 0.5) is 8.78 Å². The molecule has 1 fully saturated rings. The van der Waals surface area contributed by atoms with Gasteiger partial charge in [0.25, 0.3) is 5.91 Å². The minimum absolute atomic E-state index is 0.0601. The molecule has 2 atom stereocenters. The van der Waals surface area contributed by atoms with Crippen molar-refractivity contribution < 1.29 is 18.7 Å². The second-order valence-corrected chi connectivity index (χ2v) is 6.10. The number of nitrogens with zero attached hydrogens (tertiary/aromatic N) is 3. The van der Waals surface area contributed by atoms with Gasteiger partial charge in [-0.1, -0.05) is 6.07 Å². The van der Waals surface area contributed by atoms with Gasteiger partial charge in [0, 0.05) is 24.5 Å². The number of amides is 1. The highest BCUT2D eigenvalue weighted by Gasteiger charge is 2.37. The number of β-amino-alcohol motifs (C(OH)–C–C–N with tert-alkyl or cyclic N) is 1. The summed E-state index contributed by atoms with van der Waals surface area (Å²) in [7, 11) is 0. The smallest absolute Gasteiger partial charge is 0.271 e. The maximum atomic E-state index is 14.2. The number of halogens is 2. The first-order valence-corrected chi connectivity index (χ1v) is 7.90. The first-order chi connectivity index (χ1) is 12.0. The fourth-order valence-corrected chi connectivity index (χ4v) is 3.37. The average molecular weight is 343 g/mol. The normalized spacial score (nSPS) is 20.4. The van der Waals surface area contributed by atoms with E-state index in [0.717, 1.165) is 18.2 Å². The molecule has 4 rings (SSSR count). The highest BCUT2D eigenvalue weighted by Crippen LogP contribution is 2.35. The molecule has 2 aromatic heterocycles. The number of rotatable bonds is 2. The Bertz CT molecular complexity index is 956. The number of aliphatic hydroxyl groups is 1. The lowest BCUT2D eigenvalue weighted by Crippen LogP contribution is -2.33. The molecular formula is C18H15F2N3O2. The van der Waals surface area contributed by atoms with Crippen LogP contribution in [0.2, 0.25) is 0 Å². The van der Waals surface area contributed by atoms with Gasteiger partial charge in [0.1, 0.15) is 23.0 Å². The summed E-state index contributed by atoms with van der Waals surface area (Å²) < 4.78 is 29.4. The van der Waals surface area contributed by atoms with Crippen LogP contribution >= 0.6 is 0 Å². The molecule has 0 spiro atoms. The van der Waals surface area contributed by atoms with Crippen LogP contribution in [0, 0.1) is 11.6 Å². The zero-order chi connectivity index (χ0) is 17.6. The topological polar surface area (TPSA) is 57.8 Å². The third-order valence-corrected chi connectivity index (χ3v) is 4.50. The van der Waals surface area contributed by atoms with E-state index in [1.807, 2.05) is 0 Å². The number of pyridine rings is 1. The molecule has 0 radical (unpaired) electrons. The number of carbonyl (C=O) groups is 1. The Morgan fingerprint density at radius 3 is 2.92 bits per heavy atom. The summed E-state index contributed by atoms with van der Waals surface area (Å²) in [6, 6.07) is 7.53. The lowest BCUT2D eigenvalue weighted by Gasteiger charge is -2.25. The Morgan fingerprint density at radius 2 is 2.08 bits per heavy atom. The Morgan fingerprint density at radius 1 is 1.24 bits per heavy atom. The molecular weight excluding hydrogens is 328 g/mol. The molecule has 0 saturated carbocycles. The van der Waals surface area contributed by atoms with Crippen LogP contribution in [0.15, 0.2) is 48.8 Å². The zero-order valence-electron chi connectivity index (χ0n) is 13.1. The molecule has 1 aliphatic rings. The summed E-state index contributed by atoms with van der Waals surface area (Å²) in [6.45, 7) is 0.0601. The van der Waals surface area contributed by atoms with Crippen molar-refractivity contribution >= 4 is 11.6 Å². The summed E-state index contributed by atoms with van der Waals surface area (Å²) >= 11 is 0. The molecule has 1 saturated heterocycles. The fourth-order valence-electron chi connectivity index (χ4n) is 3.37. The van der Waals surface area contributed by atoms with Crippen molar-refractivity contribution in [1.29, 1.82) is 0 Å². The third kappa shape index (κ3) is 2.66. The molecule has 128 valence electrons. The van der Waals surface area contributed by atoms with Crippen LogP contribution in [0.3, 0.4) is 0 Å². The predicted molar refractivity (Wildman–Crippen MR) is 86.0 cm³/mol. The van der Waals surface area contributed by atoms with Gasteiger partial charge in [0.05, 0.1) is 12.1 Å². The highest BCUT2D eigenvalue weighted by atomic mass is 19.1. The highest BCUT2D eigenvalue weighted by molar-refractivity contribution is 5.93. The monoisotopic (exact) mass is 343 g/mol. The zero-order valence-corrected chi connectivity index (χ0v) is 13.1. The number of aromatic nitrogens is 2. The van der Waals surface area contributed by atoms with Crippen molar-refractivity contribution in [3.05, 3.63) is 71.7 Å². The number of carbonyl (C=O) groups excluding carboxylic acids is 1. The van der Waals surface area contributed by atoms with Crippen LogP contribution in [-0.2, 0) is 0 Å². The van der Waals surface area contributed by atoms with Crippen LogP contribution in [0.5, 0.6) is 0 Å². The molecule has 5 nitrogen and oxygen atoms in total. The van der Waals surface area contributed by atoms with E-state index in [1.165, 1.54) is 4.90 Å². The third-order valence-electron chi connectivity index (χ3n) is 4.50. The maximum Gasteiger partial charge on any atom is 0.271 e. The van der Waals surface area contributed by atoms with Gasteiger partial charge in [-0.3, -0.25) is 9.20 Å². The minimum atomic E-state index is -0.793. The SMILES string of the molecule is O=C(c1cccc2nccn12)N1C[C@@H](O)C[C@H]1c1cc(F)ccc1F. The minimum Gasteiger partial charge on any atom is -0.391 e. The Hall–Kier alpha value is -2.80. The van der Waals surface area contributed by atoms with Crippen LogP contribution < -0.4 is 0 Å². The molecule has 0 bridgehead atoms. The molecule has 1 amide bonds. The van der Waals surface area contributed by atoms with Gasteiger partial charge >= 0.3 is 0 Å². The summed E-state index contributed by atoms with van der Waals surface area (Å²) in [5.74, 6) is -1.55. The number of fused-ring (bicyclic) bond motifs is 1. The van der Waals surface area contributed by atoms with Crippen LogP contribution in [0.25, 0.3) is 5.65 Å². The van der Waals surface area contributed by atoms with E-state index < -0.39 is 23.8 Å². The van der Waals surface area contributed by atoms with E-state index >= 15 is 0 Å². The Kier molecular flexibility index (Phi) is 3.73. The molecule has 0 unspecified atom stereocenters. The van der Waals surface area contributed by atoms with Gasteiger partial charge in [0.2, 0.25) is 0 Å². The van der Waals surface area contributed by atoms with Gasteiger partial charge < -0.3 is 10.0 Å². The first-order valence-electron chi connectivity index (χ1n) is 7.90. The number of likely N-dealkylation sites (tertiary alicyclic amines) is 1. The van der Waals surface area contributed by atoms with E-state index in [9.17, 15) is 18.7 Å². The second kappa shape index (κ2) is 5.93. The summed E-state index contributed by atoms with van der Waals surface area (Å²) in [4.78, 5) is 18.6. The number of aliphatic hydroxyl groups excluding tert-OH is 1. The van der Waals surface area contributed by atoms with E-state index in [-0.39, 0.29) is 24.4 Å². The lowest BCUT2D eigenvalue weighted by atomic mass is 10.0. The first kappa shape index (κ1) is 15.7. The molecule has 7 heteroatoms. The van der Waals surface area contributed by atoms with Gasteiger partial charge in [-0.15, -0.1) is 0 Å². The van der Waals surface area contributed by atoms with Crippen molar-refractivity contribution in [3.63, 3.8) is 0 Å². The van der Waals surface area contributed by atoms with Crippen LogP contribution in [0.1, 0.15) is 28.5 Å². The standard InChI is InChI=1S/C18H15F2N3O2/c19-11-4-5-14(20)13(8-11)16-9-12(24)10-23(16)18(25)15-2-1-3-17-21-6-7-22(15)17/h1-8,12,16,24H,9-10H2/t12-,16-/m0/s1. The molecule has 1 aliphatic heterocycles. The summed E-state index contributed by atoms with van der Waals surface area (Å²) in [6.07, 6.45) is 2.60. The van der Waals surface area contributed by atoms with Crippen LogP contribution in [-0.4, -0.2) is 37.9 Å². The predicted octanol–water partition coefficient (Wildman–Crippen LogP) is 2.56. The van der Waals surface area contributed by atoms with Crippen molar-refractivity contribution in [3.8, 4) is 0 Å². The van der Waals surface area contributed by atoms with Crippen molar-refractivity contribution in [2.24, 2.45) is 0 Å². The summed E-state index contributed by atoms with van der Waals surface area (Å²) in [5.41, 5.74) is 1.03. The molecule has 1 aromatic carbocycles. The van der Waals surface area contributed by atoms with Crippen molar-refractivity contribution in [2.45, 2.75) is 18.6 Å². The number of imidazole rings is 1. The van der Waals surface area contributed by atoms with E-state index in [4.69, 9.17) is 0 Å². The maximum absolute atomic E-state index is 14.2. The summed E-state index contributed by atoms with van der Waals surface area (Å²) in [5, 5.41) is 10.0. The lowest BCUT2D eigenvalue weighted by molar-refractivity contribution is 0.0706. The number of hydrogen-bond acceptors (Lipinski definition) is 3. The fraction of sp³-hybridized carbons (Fsp3) is 0.222. The van der Waals surface area contributed by atoms with E-state index in [1.54, 1.807) is 35.0 Å². The molecule has 25 heavy (non-hydrogen) atoms. The van der Waals surface area contributed by atoms with Crippen molar-refractivity contribution in [1.82, 2.24) is 14.3 Å². The molecule has 3 aromatic rings. The number of benzene rings is 1. The van der Waals surface area contributed by atoms with Gasteiger partial charge in [-0.2, -0.15) is 0 Å². The Labute approximate surface area is 142 Å². The molecule has 0 aliphatic carbocycles. The Balaban J connectivity index is 1.76. The molecule has 3 heterocycles. The second-order valence-electron chi connectivity index (χ2n) is 6.10. The van der Waals surface area contributed by atoms with E-state index in [0.29, 0.717) is 11.3 Å². The van der Waals surface area contributed by atoms with E-state index in [2.05, 4.69) is 4.98 Å². The number of hydrogen-bond donors (Lipinski definition) is 1. The molecule has 1 N–H and O–H groups in total. The average Bonchev–Trinajstić information content (AvgIpc) is 3.22. The van der Waals surface area contributed by atoms with Gasteiger partial charge in [-0.25, -0.2) is 13.8 Å². The quantitative estimate of drug-likeness (QED) is 0.778. The van der Waals surface area contributed by atoms with Crippen molar-refractivity contribution in [2.75, 3.05) is 6.54 Å². The largest absolute Gasteiger partial charge is 0.391 e.